The maximum absolute atomic E-state index is 12.5. The topological polar surface area (TPSA) is 79.7 Å². The molecule has 5 nitrogen and oxygen atoms in total. The van der Waals surface area contributed by atoms with E-state index in [1.807, 2.05) is 89.2 Å². The van der Waals surface area contributed by atoms with E-state index in [9.17, 15) is 15.0 Å². The summed E-state index contributed by atoms with van der Waals surface area (Å²) in [5, 5.41) is 23.0. The average Bonchev–Trinajstić information content (AvgIpc) is 2.86. The van der Waals surface area contributed by atoms with E-state index in [1.165, 1.54) is 0 Å². The van der Waals surface area contributed by atoms with Gasteiger partial charge in [0.15, 0.2) is 11.7 Å². The summed E-state index contributed by atoms with van der Waals surface area (Å²) in [6.07, 6.45) is 0.466. The zero-order valence-electron chi connectivity index (χ0n) is 22.7. The molecule has 194 valence electrons. The maximum atomic E-state index is 12.5. The van der Waals surface area contributed by atoms with Crippen molar-refractivity contribution in [1.82, 2.24) is 4.98 Å². The van der Waals surface area contributed by atoms with Crippen LogP contribution in [0.25, 0.3) is 21.9 Å². The summed E-state index contributed by atoms with van der Waals surface area (Å²) in [6, 6.07) is 21.2. The first-order valence-corrected chi connectivity index (χ1v) is 12.6. The second kappa shape index (κ2) is 10.4. The molecule has 0 saturated heterocycles. The quantitative estimate of drug-likeness (QED) is 0.293. The lowest BCUT2D eigenvalue weighted by atomic mass is 9.86. The fourth-order valence-electron chi connectivity index (χ4n) is 4.49. The second-order valence-electron chi connectivity index (χ2n) is 10.8. The Morgan fingerprint density at radius 1 is 0.974 bits per heavy atom. The van der Waals surface area contributed by atoms with Gasteiger partial charge < -0.3 is 14.9 Å². The molecule has 5 heteroatoms. The van der Waals surface area contributed by atoms with Gasteiger partial charge in [-0.15, -0.1) is 0 Å². The van der Waals surface area contributed by atoms with Crippen LogP contribution < -0.4 is 0 Å². The van der Waals surface area contributed by atoms with Gasteiger partial charge in [-0.3, -0.25) is 4.98 Å². The van der Waals surface area contributed by atoms with Crippen molar-refractivity contribution in [3.8, 4) is 23.0 Å². The number of fused-ring (bicyclic) bond motifs is 1. The van der Waals surface area contributed by atoms with Crippen LogP contribution in [0.5, 0.6) is 0 Å². The van der Waals surface area contributed by atoms with Crippen molar-refractivity contribution < 1.29 is 19.7 Å². The number of pyridine rings is 1. The monoisotopic (exact) mass is 507 g/mol. The molecule has 3 aromatic carbocycles. The molecule has 0 aliphatic carbocycles. The lowest BCUT2D eigenvalue weighted by Gasteiger charge is -2.28. The summed E-state index contributed by atoms with van der Waals surface area (Å²) >= 11 is 0. The van der Waals surface area contributed by atoms with E-state index in [0.29, 0.717) is 16.8 Å². The Balaban J connectivity index is 1.96. The highest BCUT2D eigenvalue weighted by Gasteiger charge is 2.31. The number of nitrogens with zero attached hydrogens (tertiary/aromatic N) is 1. The normalized spacial score (nSPS) is 13.9. The van der Waals surface area contributed by atoms with Gasteiger partial charge in [0.05, 0.1) is 11.3 Å². The molecule has 2 N–H and O–H groups in total. The molecule has 4 aromatic rings. The molecule has 0 bridgehead atoms. The highest BCUT2D eigenvalue weighted by Crippen LogP contribution is 2.41. The number of carboxylic acid groups (broad SMARTS) is 1. The number of benzene rings is 3. The Labute approximate surface area is 224 Å². The summed E-state index contributed by atoms with van der Waals surface area (Å²) in [5.41, 5.74) is 3.33. The van der Waals surface area contributed by atoms with Crippen LogP contribution in [0.15, 0.2) is 72.9 Å². The molecule has 1 unspecified atom stereocenters. The summed E-state index contributed by atoms with van der Waals surface area (Å²) in [7, 11) is 0. The SMILES string of the molecule is Cc1ccc(-c2c([C@H](OC(C)(C)C)C(=O)O)c(C)cc3ccc(C#CC(C)(O)c4ccccn4)cc23)cc1. The van der Waals surface area contributed by atoms with Gasteiger partial charge in [-0.2, -0.15) is 0 Å². The van der Waals surface area contributed by atoms with E-state index in [0.717, 1.165) is 33.0 Å². The highest BCUT2D eigenvalue weighted by molar-refractivity contribution is 6.01. The third-order valence-electron chi connectivity index (χ3n) is 6.30. The molecule has 2 atom stereocenters. The van der Waals surface area contributed by atoms with Gasteiger partial charge in [0.2, 0.25) is 0 Å². The van der Waals surface area contributed by atoms with Gasteiger partial charge in [-0.1, -0.05) is 59.9 Å². The zero-order valence-corrected chi connectivity index (χ0v) is 22.7. The minimum Gasteiger partial charge on any atom is -0.479 e. The molecule has 0 aliphatic heterocycles. The van der Waals surface area contributed by atoms with Gasteiger partial charge in [-0.05, 0) is 93.3 Å². The van der Waals surface area contributed by atoms with Gasteiger partial charge in [0, 0.05) is 17.3 Å². The van der Waals surface area contributed by atoms with Gasteiger partial charge in [0.25, 0.3) is 0 Å². The summed E-state index contributed by atoms with van der Waals surface area (Å²) in [6.45, 7) is 11.1. The lowest BCUT2D eigenvalue weighted by molar-refractivity contribution is -0.160. The molecule has 0 radical (unpaired) electrons. The van der Waals surface area contributed by atoms with Crippen molar-refractivity contribution >= 4 is 16.7 Å². The van der Waals surface area contributed by atoms with E-state index in [4.69, 9.17) is 4.74 Å². The molecule has 0 fully saturated rings. The van der Waals surface area contributed by atoms with E-state index in [-0.39, 0.29) is 0 Å². The molecule has 1 aromatic heterocycles. The largest absolute Gasteiger partial charge is 0.479 e. The molecule has 0 saturated carbocycles. The Kier molecular flexibility index (Phi) is 7.42. The standard InChI is InChI=1S/C33H33NO4/c1-21-10-13-24(14-11-21)29-26-20-23(16-17-33(6,37)27-9-7-8-18-34-27)12-15-25(26)19-22(2)28(29)30(31(35)36)38-32(3,4)5/h7-15,18-20,30,37H,1-6H3,(H,35,36)/t30-,33?/m0/s1. The number of aromatic nitrogens is 1. The van der Waals surface area contributed by atoms with Crippen LogP contribution in [-0.2, 0) is 15.1 Å². The number of aliphatic carboxylic acids is 1. The Morgan fingerprint density at radius 3 is 2.29 bits per heavy atom. The smallest absolute Gasteiger partial charge is 0.337 e. The van der Waals surface area contributed by atoms with Crippen molar-refractivity contribution in [1.29, 1.82) is 0 Å². The minimum absolute atomic E-state index is 0.468. The van der Waals surface area contributed by atoms with Crippen LogP contribution in [0.3, 0.4) is 0 Å². The van der Waals surface area contributed by atoms with Gasteiger partial charge in [0.1, 0.15) is 0 Å². The summed E-state index contributed by atoms with van der Waals surface area (Å²) in [5.74, 6) is 5.00. The lowest BCUT2D eigenvalue weighted by Crippen LogP contribution is -2.28. The van der Waals surface area contributed by atoms with E-state index in [2.05, 4.69) is 16.8 Å². The van der Waals surface area contributed by atoms with Crippen molar-refractivity contribution in [2.24, 2.45) is 0 Å². The van der Waals surface area contributed by atoms with E-state index in [1.54, 1.807) is 25.3 Å². The van der Waals surface area contributed by atoms with Crippen LogP contribution in [0.4, 0.5) is 0 Å². The van der Waals surface area contributed by atoms with E-state index < -0.39 is 23.3 Å². The molecule has 0 amide bonds. The van der Waals surface area contributed by atoms with Crippen LogP contribution >= 0.6 is 0 Å². The number of hydrogen-bond donors (Lipinski definition) is 2. The highest BCUT2D eigenvalue weighted by atomic mass is 16.5. The van der Waals surface area contributed by atoms with Crippen molar-refractivity contribution in [2.75, 3.05) is 0 Å². The van der Waals surface area contributed by atoms with Crippen LogP contribution in [-0.4, -0.2) is 26.8 Å². The number of rotatable bonds is 5. The molecule has 0 aliphatic rings. The molecular weight excluding hydrogens is 474 g/mol. The van der Waals surface area contributed by atoms with Crippen LogP contribution in [0.2, 0.25) is 0 Å². The fraction of sp³-hybridized carbons (Fsp3) is 0.273. The number of ether oxygens (including phenoxy) is 1. The van der Waals surface area contributed by atoms with Gasteiger partial charge in [-0.25, -0.2) is 4.79 Å². The predicted molar refractivity (Wildman–Crippen MR) is 151 cm³/mol. The number of hydrogen-bond acceptors (Lipinski definition) is 4. The number of aliphatic hydroxyl groups is 1. The van der Waals surface area contributed by atoms with Gasteiger partial charge >= 0.3 is 5.97 Å². The second-order valence-corrected chi connectivity index (χ2v) is 10.8. The maximum Gasteiger partial charge on any atom is 0.337 e. The third-order valence-corrected chi connectivity index (χ3v) is 6.30. The van der Waals surface area contributed by atoms with Crippen molar-refractivity contribution in [2.45, 2.75) is 58.8 Å². The molecule has 4 rings (SSSR count). The first-order chi connectivity index (χ1) is 17.9. The van der Waals surface area contributed by atoms with Crippen molar-refractivity contribution in [3.05, 3.63) is 101 Å². The summed E-state index contributed by atoms with van der Waals surface area (Å²) in [4.78, 5) is 16.8. The third kappa shape index (κ3) is 5.94. The molecule has 38 heavy (non-hydrogen) atoms. The Morgan fingerprint density at radius 2 is 1.68 bits per heavy atom. The first-order valence-electron chi connectivity index (χ1n) is 12.6. The first kappa shape index (κ1) is 27.1. The Hall–Kier alpha value is -3.98. The Bertz CT molecular complexity index is 1540. The van der Waals surface area contributed by atoms with E-state index >= 15 is 0 Å². The number of carbonyl (C=O) groups is 1. The number of aryl methyl sites for hydroxylation is 2. The van der Waals surface area contributed by atoms with Crippen LogP contribution in [0.1, 0.15) is 61.7 Å². The number of carboxylic acids is 1. The fourth-order valence-corrected chi connectivity index (χ4v) is 4.49. The predicted octanol–water partition coefficient (Wildman–Crippen LogP) is 6.72. The van der Waals surface area contributed by atoms with Crippen LogP contribution in [0, 0.1) is 25.7 Å². The molecular formula is C33H33NO4. The molecule has 1 heterocycles. The minimum atomic E-state index is -1.43. The molecule has 0 spiro atoms. The average molecular weight is 508 g/mol. The zero-order chi connectivity index (χ0) is 27.7. The summed E-state index contributed by atoms with van der Waals surface area (Å²) < 4.78 is 6.10. The van der Waals surface area contributed by atoms with Crippen molar-refractivity contribution in [3.63, 3.8) is 0 Å².